The molecule has 0 aromatic heterocycles. The Morgan fingerprint density at radius 3 is 1.87 bits per heavy atom. The fraction of sp³-hybridized carbons (Fsp3) is 0.200. The normalized spacial score (nSPS) is 10.7. The van der Waals surface area contributed by atoms with E-state index in [1.165, 1.54) is 0 Å². The van der Waals surface area contributed by atoms with Gasteiger partial charge in [-0.1, -0.05) is 60.7 Å². The highest BCUT2D eigenvalue weighted by Crippen LogP contribution is 2.25. The third-order valence-corrected chi connectivity index (χ3v) is 5.56. The van der Waals surface area contributed by atoms with E-state index in [1.54, 1.807) is 0 Å². The molecule has 0 aliphatic heterocycles. The van der Waals surface area contributed by atoms with Crippen molar-refractivity contribution in [1.29, 1.82) is 0 Å². The Kier molecular flexibility index (Phi) is 7.63. The summed E-state index contributed by atoms with van der Waals surface area (Å²) in [5.41, 5.74) is 4.76. The summed E-state index contributed by atoms with van der Waals surface area (Å²) in [6.45, 7) is 4.25. The third-order valence-electron chi connectivity index (χ3n) is 4.94. The van der Waals surface area contributed by atoms with Gasteiger partial charge in [0.1, 0.15) is 0 Å². The highest BCUT2D eigenvalue weighted by atomic mass is 127. The average molecular weight is 512 g/mol. The second-order valence-corrected chi connectivity index (χ2v) is 8.50. The summed E-state index contributed by atoms with van der Waals surface area (Å²) in [6.07, 6.45) is 0.215. The first-order valence-corrected chi connectivity index (χ1v) is 11.0. The van der Waals surface area contributed by atoms with Gasteiger partial charge in [0.25, 0.3) is 0 Å². The van der Waals surface area contributed by atoms with Crippen molar-refractivity contribution < 1.29 is 9.59 Å². The number of hydrogen-bond donors (Lipinski definition) is 2. The molecule has 0 saturated heterocycles. The van der Waals surface area contributed by atoms with Gasteiger partial charge in [-0.2, -0.15) is 0 Å². The molecule has 0 aliphatic carbocycles. The highest BCUT2D eigenvalue weighted by Gasteiger charge is 2.22. The number of benzene rings is 3. The molecular formula is C25H25IN2O2. The average Bonchev–Trinajstić information content (AvgIpc) is 2.72. The third kappa shape index (κ3) is 5.69. The van der Waals surface area contributed by atoms with Crippen molar-refractivity contribution >= 4 is 40.1 Å². The zero-order valence-electron chi connectivity index (χ0n) is 17.1. The van der Waals surface area contributed by atoms with E-state index >= 15 is 0 Å². The number of amides is 2. The summed E-state index contributed by atoms with van der Waals surface area (Å²) in [7, 11) is 0. The second kappa shape index (κ2) is 10.4. The largest absolute Gasteiger partial charge is 0.355 e. The summed E-state index contributed by atoms with van der Waals surface area (Å²) in [4.78, 5) is 25.4. The molecule has 0 heterocycles. The van der Waals surface area contributed by atoms with E-state index in [2.05, 4.69) is 33.2 Å². The lowest BCUT2D eigenvalue weighted by Gasteiger charge is -2.18. The van der Waals surface area contributed by atoms with Crippen LogP contribution in [0.25, 0.3) is 0 Å². The maximum absolute atomic E-state index is 13.0. The van der Waals surface area contributed by atoms with E-state index in [0.29, 0.717) is 0 Å². The number of anilines is 1. The minimum atomic E-state index is -0.406. The highest BCUT2D eigenvalue weighted by molar-refractivity contribution is 14.1. The van der Waals surface area contributed by atoms with Crippen molar-refractivity contribution in [3.63, 3.8) is 0 Å². The van der Waals surface area contributed by atoms with Crippen molar-refractivity contribution in [3.05, 3.63) is 98.6 Å². The lowest BCUT2D eigenvalue weighted by molar-refractivity contribution is -0.121. The Bertz CT molecular complexity index is 957. The number of carbonyl (C=O) groups is 2. The molecule has 3 aromatic carbocycles. The lowest BCUT2D eigenvalue weighted by Crippen LogP contribution is -2.32. The first-order valence-electron chi connectivity index (χ1n) is 9.90. The van der Waals surface area contributed by atoms with Crippen molar-refractivity contribution in [2.75, 3.05) is 11.9 Å². The van der Waals surface area contributed by atoms with Crippen LogP contribution in [-0.4, -0.2) is 18.4 Å². The molecule has 154 valence electrons. The second-order valence-electron chi connectivity index (χ2n) is 7.26. The Morgan fingerprint density at radius 1 is 0.867 bits per heavy atom. The van der Waals surface area contributed by atoms with Gasteiger partial charge >= 0.3 is 0 Å². The Hall–Kier alpha value is -2.67. The topological polar surface area (TPSA) is 58.2 Å². The van der Waals surface area contributed by atoms with E-state index in [9.17, 15) is 9.59 Å². The minimum Gasteiger partial charge on any atom is -0.355 e. The van der Waals surface area contributed by atoms with E-state index in [4.69, 9.17) is 0 Å². The van der Waals surface area contributed by atoms with Crippen molar-refractivity contribution in [2.24, 2.45) is 0 Å². The quantitative estimate of drug-likeness (QED) is 0.429. The fourth-order valence-corrected chi connectivity index (χ4v) is 4.43. The molecule has 5 heteroatoms. The van der Waals surface area contributed by atoms with Crippen LogP contribution in [0.1, 0.15) is 34.6 Å². The van der Waals surface area contributed by atoms with Crippen molar-refractivity contribution in [1.82, 2.24) is 5.32 Å². The van der Waals surface area contributed by atoms with Gasteiger partial charge in [-0.05, 0) is 70.8 Å². The molecule has 0 unspecified atom stereocenters. The lowest BCUT2D eigenvalue weighted by atomic mass is 9.90. The van der Waals surface area contributed by atoms with Crippen molar-refractivity contribution in [2.45, 2.75) is 26.2 Å². The molecule has 3 rings (SSSR count). The molecule has 4 nitrogen and oxygen atoms in total. The van der Waals surface area contributed by atoms with Crippen LogP contribution in [0, 0.1) is 17.4 Å². The van der Waals surface area contributed by atoms with Gasteiger partial charge in [0.15, 0.2) is 0 Å². The molecule has 30 heavy (non-hydrogen) atoms. The summed E-state index contributed by atoms with van der Waals surface area (Å²) in [5, 5.41) is 5.91. The van der Waals surface area contributed by atoms with Gasteiger partial charge < -0.3 is 10.6 Å². The van der Waals surface area contributed by atoms with E-state index in [0.717, 1.165) is 31.5 Å². The predicted octanol–water partition coefficient (Wildman–Crippen LogP) is 5.18. The van der Waals surface area contributed by atoms with Crippen LogP contribution in [0.4, 0.5) is 5.69 Å². The number of rotatable bonds is 7. The van der Waals surface area contributed by atoms with Crippen molar-refractivity contribution in [3.8, 4) is 0 Å². The molecule has 0 bridgehead atoms. The Morgan fingerprint density at radius 2 is 1.37 bits per heavy atom. The van der Waals surface area contributed by atoms with Gasteiger partial charge in [-0.3, -0.25) is 9.59 Å². The number of carbonyl (C=O) groups excluding carboxylic acids is 2. The maximum Gasteiger partial charge on any atom is 0.232 e. The summed E-state index contributed by atoms with van der Waals surface area (Å²) in [6, 6.07) is 23.5. The molecule has 3 aromatic rings. The first kappa shape index (κ1) is 22.0. The molecular weight excluding hydrogens is 487 g/mol. The Balaban J connectivity index is 1.63. The van der Waals surface area contributed by atoms with Gasteiger partial charge in [0, 0.05) is 22.2 Å². The summed E-state index contributed by atoms with van der Waals surface area (Å²) < 4.78 is 1.14. The van der Waals surface area contributed by atoms with Gasteiger partial charge in [0.2, 0.25) is 11.8 Å². The molecule has 2 amide bonds. The van der Waals surface area contributed by atoms with E-state index < -0.39 is 5.92 Å². The Labute approximate surface area is 191 Å². The fourth-order valence-electron chi connectivity index (χ4n) is 3.50. The van der Waals surface area contributed by atoms with E-state index in [-0.39, 0.29) is 24.8 Å². The zero-order chi connectivity index (χ0) is 21.5. The molecule has 2 N–H and O–H groups in total. The van der Waals surface area contributed by atoms with Gasteiger partial charge in [-0.15, -0.1) is 0 Å². The van der Waals surface area contributed by atoms with E-state index in [1.807, 2.05) is 86.6 Å². The minimum absolute atomic E-state index is 0.109. The summed E-state index contributed by atoms with van der Waals surface area (Å²) >= 11 is 2.27. The van der Waals surface area contributed by atoms with Crippen LogP contribution < -0.4 is 10.6 Å². The number of hydrogen-bond acceptors (Lipinski definition) is 2. The molecule has 0 radical (unpaired) electrons. The van der Waals surface area contributed by atoms with Crippen LogP contribution in [0.15, 0.2) is 72.8 Å². The van der Waals surface area contributed by atoms with Gasteiger partial charge in [-0.25, -0.2) is 0 Å². The molecule has 0 aliphatic rings. The van der Waals surface area contributed by atoms with Gasteiger partial charge in [0.05, 0.1) is 5.92 Å². The number of halogens is 1. The molecule has 0 spiro atoms. The predicted molar refractivity (Wildman–Crippen MR) is 130 cm³/mol. The SMILES string of the molecule is Cc1cc(I)cc(C)c1NC(=O)CCNC(=O)C(c1ccccc1)c1ccccc1. The molecule has 0 fully saturated rings. The molecule has 0 atom stereocenters. The monoisotopic (exact) mass is 512 g/mol. The van der Waals surface area contributed by atoms with Crippen LogP contribution in [0.3, 0.4) is 0 Å². The maximum atomic E-state index is 13.0. The number of aryl methyl sites for hydroxylation is 2. The zero-order valence-corrected chi connectivity index (χ0v) is 19.3. The summed E-state index contributed by atoms with van der Waals surface area (Å²) in [5.74, 6) is -0.628. The molecule has 0 saturated carbocycles. The van der Waals surface area contributed by atoms with Crippen LogP contribution in [0.2, 0.25) is 0 Å². The first-order chi connectivity index (χ1) is 14.5. The smallest absolute Gasteiger partial charge is 0.232 e. The van der Waals surface area contributed by atoms with Crippen LogP contribution in [0.5, 0.6) is 0 Å². The number of nitrogens with one attached hydrogen (secondary N) is 2. The van der Waals surface area contributed by atoms with Crippen LogP contribution >= 0.6 is 22.6 Å². The van der Waals surface area contributed by atoms with Crippen LogP contribution in [-0.2, 0) is 9.59 Å². The standard InChI is InChI=1S/C25H25IN2O2/c1-17-15-21(26)16-18(2)24(17)28-22(29)13-14-27-25(30)23(19-9-5-3-6-10-19)20-11-7-4-8-12-20/h3-12,15-16,23H,13-14H2,1-2H3,(H,27,30)(H,28,29).